The number of aromatic nitrogens is 1. The molecule has 2 aromatic rings. The molecule has 0 saturated heterocycles. The van der Waals surface area contributed by atoms with Gasteiger partial charge in [0.25, 0.3) is 5.91 Å². The van der Waals surface area contributed by atoms with Gasteiger partial charge in [0, 0.05) is 23.3 Å². The van der Waals surface area contributed by atoms with Crippen LogP contribution in [0, 0.1) is 11.8 Å². The van der Waals surface area contributed by atoms with E-state index in [-0.39, 0.29) is 11.3 Å². The number of phenols is 1. The molecule has 198 valence electrons. The number of hydrogen-bond donors (Lipinski definition) is 6. The number of pyridine rings is 1. The highest BCUT2D eigenvalue weighted by Crippen LogP contribution is 2.57. The molecule has 0 aliphatic heterocycles. The predicted molar refractivity (Wildman–Crippen MR) is 134 cm³/mol. The van der Waals surface area contributed by atoms with Crippen LogP contribution in [0.4, 0.5) is 0 Å². The van der Waals surface area contributed by atoms with Crippen molar-refractivity contribution in [1.82, 2.24) is 9.88 Å². The molecule has 6 unspecified atom stereocenters. The van der Waals surface area contributed by atoms with Gasteiger partial charge in [-0.3, -0.25) is 24.3 Å². The zero-order valence-corrected chi connectivity index (χ0v) is 20.8. The summed E-state index contributed by atoms with van der Waals surface area (Å²) in [5.41, 5.74) is 2.38. The van der Waals surface area contributed by atoms with Gasteiger partial charge in [-0.15, -0.1) is 0 Å². The van der Waals surface area contributed by atoms with Crippen LogP contribution in [0.2, 0.25) is 0 Å². The first-order valence-electron chi connectivity index (χ1n) is 12.0. The molecule has 7 N–H and O–H groups in total. The van der Waals surface area contributed by atoms with Crippen LogP contribution in [-0.2, 0) is 14.4 Å². The van der Waals surface area contributed by atoms with Crippen LogP contribution in [0.1, 0.15) is 24.0 Å². The van der Waals surface area contributed by atoms with Gasteiger partial charge in [-0.05, 0) is 49.8 Å². The zero-order chi connectivity index (χ0) is 27.8. The lowest BCUT2D eigenvalue weighted by Gasteiger charge is -2.53. The quantitative estimate of drug-likeness (QED) is 0.311. The average Bonchev–Trinajstić information content (AvgIpc) is 2.86. The van der Waals surface area contributed by atoms with Crippen molar-refractivity contribution in [3.63, 3.8) is 0 Å². The number of carbonyl (C=O) groups is 3. The number of phenolic OH excluding ortho intramolecular Hbond substituents is 1. The number of primary amides is 1. The molecule has 3 aliphatic rings. The molecule has 11 nitrogen and oxygen atoms in total. The van der Waals surface area contributed by atoms with E-state index < -0.39 is 75.6 Å². The number of nitrogens with two attached hydrogens (primary N) is 1. The van der Waals surface area contributed by atoms with Crippen molar-refractivity contribution in [2.24, 2.45) is 17.6 Å². The van der Waals surface area contributed by atoms with Gasteiger partial charge in [0.1, 0.15) is 22.8 Å². The van der Waals surface area contributed by atoms with E-state index in [4.69, 9.17) is 5.73 Å². The number of benzene rings is 1. The van der Waals surface area contributed by atoms with Crippen molar-refractivity contribution in [2.75, 3.05) is 14.1 Å². The van der Waals surface area contributed by atoms with Crippen LogP contribution < -0.4 is 5.73 Å². The second kappa shape index (κ2) is 8.48. The molecule has 11 heteroatoms. The molecule has 6 atom stereocenters. The number of likely N-dealkylation sites (N-methyl/N-ethyl adjacent to an activating group) is 1. The van der Waals surface area contributed by atoms with E-state index in [2.05, 4.69) is 4.98 Å². The van der Waals surface area contributed by atoms with Crippen LogP contribution in [0.3, 0.4) is 0 Å². The van der Waals surface area contributed by atoms with Crippen LogP contribution >= 0.6 is 0 Å². The van der Waals surface area contributed by atoms with Gasteiger partial charge in [0.15, 0.2) is 11.4 Å². The molecule has 1 aromatic heterocycles. The Morgan fingerprint density at radius 2 is 1.79 bits per heavy atom. The first-order chi connectivity index (χ1) is 17.8. The lowest BCUT2D eigenvalue weighted by Crippen LogP contribution is -2.70. The van der Waals surface area contributed by atoms with Crippen molar-refractivity contribution < 1.29 is 39.9 Å². The maximum Gasteiger partial charge on any atom is 0.255 e. The Morgan fingerprint density at radius 1 is 1.11 bits per heavy atom. The van der Waals surface area contributed by atoms with Crippen molar-refractivity contribution in [2.45, 2.75) is 30.6 Å². The molecule has 3 aliphatic carbocycles. The summed E-state index contributed by atoms with van der Waals surface area (Å²) in [6.45, 7) is 1.68. The summed E-state index contributed by atoms with van der Waals surface area (Å²) in [6.07, 6.45) is -0.0897. The van der Waals surface area contributed by atoms with E-state index in [1.54, 1.807) is 37.4 Å². The number of rotatable bonds is 3. The first-order valence-corrected chi connectivity index (χ1v) is 12.0. The Balaban J connectivity index is 1.83. The molecular formula is C27H27N3O8. The third kappa shape index (κ3) is 3.12. The molecule has 38 heavy (non-hydrogen) atoms. The largest absolute Gasteiger partial charge is 0.508 e. The van der Waals surface area contributed by atoms with E-state index in [0.29, 0.717) is 16.8 Å². The van der Waals surface area contributed by atoms with E-state index in [0.717, 1.165) is 0 Å². The number of nitrogens with zero attached hydrogens (tertiary/aromatic N) is 2. The molecule has 0 spiro atoms. The van der Waals surface area contributed by atoms with Crippen LogP contribution in [-0.4, -0.2) is 84.7 Å². The topological polar surface area (TPSA) is 195 Å². The minimum Gasteiger partial charge on any atom is -0.508 e. The van der Waals surface area contributed by atoms with Crippen molar-refractivity contribution in [3.8, 4) is 17.0 Å². The maximum absolute atomic E-state index is 14.0. The summed E-state index contributed by atoms with van der Waals surface area (Å²) in [4.78, 5) is 45.0. The van der Waals surface area contributed by atoms with Gasteiger partial charge in [-0.25, -0.2) is 0 Å². The van der Waals surface area contributed by atoms with Gasteiger partial charge < -0.3 is 31.3 Å². The highest BCUT2D eigenvalue weighted by molar-refractivity contribution is 6.24. The van der Waals surface area contributed by atoms with Gasteiger partial charge in [0.05, 0.1) is 29.3 Å². The Kier molecular flexibility index (Phi) is 5.71. The molecule has 1 heterocycles. The second-order valence-corrected chi connectivity index (χ2v) is 10.2. The minimum absolute atomic E-state index is 0.0795. The van der Waals surface area contributed by atoms with Gasteiger partial charge in [-0.2, -0.15) is 0 Å². The number of ketones is 2. The van der Waals surface area contributed by atoms with Crippen molar-refractivity contribution >= 4 is 23.2 Å². The fraction of sp³-hybridized carbons (Fsp3) is 0.333. The van der Waals surface area contributed by atoms with Crippen molar-refractivity contribution in [3.05, 3.63) is 64.6 Å². The molecule has 1 fully saturated rings. The normalized spacial score (nSPS) is 30.7. The smallest absolute Gasteiger partial charge is 0.255 e. The maximum atomic E-state index is 14.0. The van der Waals surface area contributed by atoms with Crippen LogP contribution in [0.15, 0.2) is 53.4 Å². The number of aromatic hydroxyl groups is 1. The number of fused-ring (bicyclic) bond motifs is 3. The van der Waals surface area contributed by atoms with E-state index in [1.807, 2.05) is 0 Å². The molecule has 1 aromatic carbocycles. The highest BCUT2D eigenvalue weighted by atomic mass is 16.4. The van der Waals surface area contributed by atoms with Crippen LogP contribution in [0.25, 0.3) is 17.0 Å². The number of aliphatic hydroxyl groups is 4. The lowest BCUT2D eigenvalue weighted by atomic mass is 9.54. The fourth-order valence-corrected chi connectivity index (χ4v) is 6.44. The summed E-state index contributed by atoms with van der Waals surface area (Å²) in [5.74, 6) is -9.32. The number of carbonyl (C=O) groups excluding carboxylic acids is 3. The monoisotopic (exact) mass is 521 g/mol. The zero-order valence-electron chi connectivity index (χ0n) is 20.8. The van der Waals surface area contributed by atoms with Gasteiger partial charge >= 0.3 is 0 Å². The molecule has 1 saturated carbocycles. The van der Waals surface area contributed by atoms with Crippen molar-refractivity contribution in [1.29, 1.82) is 0 Å². The van der Waals surface area contributed by atoms with Gasteiger partial charge in [0.2, 0.25) is 5.78 Å². The Labute approximate surface area is 217 Å². The third-order valence-electron chi connectivity index (χ3n) is 8.05. The van der Waals surface area contributed by atoms with E-state index >= 15 is 0 Å². The summed E-state index contributed by atoms with van der Waals surface area (Å²) in [5, 5.41) is 56.5. The molecule has 0 bridgehead atoms. The Hall–Kier alpha value is -4.06. The molecule has 0 radical (unpaired) electrons. The first kappa shape index (κ1) is 25.6. The molecule has 5 rings (SSSR count). The number of Topliss-reactive ketones (excluding diaryl/α,β-unsaturated/α-hetero) is 2. The summed E-state index contributed by atoms with van der Waals surface area (Å²) in [7, 11) is 2.92. The highest BCUT2D eigenvalue weighted by Gasteiger charge is 2.68. The van der Waals surface area contributed by atoms with E-state index in [1.165, 1.54) is 25.1 Å². The van der Waals surface area contributed by atoms with E-state index in [9.17, 15) is 39.9 Å². The summed E-state index contributed by atoms with van der Waals surface area (Å²) < 4.78 is 0. The molecular weight excluding hydrogens is 494 g/mol. The van der Waals surface area contributed by atoms with Crippen LogP contribution in [0.5, 0.6) is 5.75 Å². The average molecular weight is 522 g/mol. The third-order valence-corrected chi connectivity index (χ3v) is 8.05. The number of hydrogen-bond acceptors (Lipinski definition) is 10. The number of aliphatic hydroxyl groups excluding tert-OH is 3. The number of amides is 1. The van der Waals surface area contributed by atoms with Gasteiger partial charge in [-0.1, -0.05) is 13.0 Å². The lowest BCUT2D eigenvalue weighted by molar-refractivity contribution is -0.169. The standard InChI is InChI=1S/C27H27N3O8/c1-10-14-11(12-6-4-5-9-29-12)7-8-13(31)16(14)21(32)17-15(10)22(33)19-20(30(2)3)23(34)18(26(28)37)25(36)27(19,38)24(17)35/h4-10,15,19-20,22,31-33,36,38H,1-3H3,(H2,28,37). The molecule has 1 amide bonds. The Bertz CT molecular complexity index is 1460. The predicted octanol–water partition coefficient (Wildman–Crippen LogP) is 0.558. The minimum atomic E-state index is -2.95. The SMILES string of the molecule is CC1c2c(-c3ccccn3)ccc(O)c2C(O)=C2C(=O)C3(O)C(O)=C(C(N)=O)C(=O)C(N(C)C)C3C(O)C21. The summed E-state index contributed by atoms with van der Waals surface area (Å²) in [6, 6.07) is 6.75. The second-order valence-electron chi connectivity index (χ2n) is 10.2. The summed E-state index contributed by atoms with van der Waals surface area (Å²) >= 11 is 0. The fourth-order valence-electron chi connectivity index (χ4n) is 6.44. The Morgan fingerprint density at radius 3 is 2.37 bits per heavy atom.